The molecule has 4 amide bonds. The van der Waals surface area contributed by atoms with E-state index in [9.17, 15) is 19.2 Å². The van der Waals surface area contributed by atoms with Crippen LogP contribution in [0.15, 0.2) is 18.3 Å². The van der Waals surface area contributed by atoms with Gasteiger partial charge in [-0.1, -0.05) is 0 Å². The summed E-state index contributed by atoms with van der Waals surface area (Å²) in [6, 6.07) is 1.57. The molecule has 4 unspecified atom stereocenters. The minimum absolute atomic E-state index is 0.0844. The van der Waals surface area contributed by atoms with Crippen LogP contribution in [0, 0.1) is 0 Å². The minimum Gasteiger partial charge on any atom is -0.349 e. The number of rotatable bonds is 4. The van der Waals surface area contributed by atoms with E-state index >= 15 is 0 Å². The van der Waals surface area contributed by atoms with Crippen LogP contribution in [0.5, 0.6) is 0 Å². The van der Waals surface area contributed by atoms with Gasteiger partial charge in [0.1, 0.15) is 17.8 Å². The summed E-state index contributed by atoms with van der Waals surface area (Å²) >= 11 is 1.42. The molecule has 3 saturated heterocycles. The van der Waals surface area contributed by atoms with E-state index in [2.05, 4.69) is 10.6 Å². The van der Waals surface area contributed by atoms with Gasteiger partial charge in [-0.3, -0.25) is 19.2 Å². The van der Waals surface area contributed by atoms with Crippen molar-refractivity contribution in [2.24, 2.45) is 7.05 Å². The summed E-state index contributed by atoms with van der Waals surface area (Å²) in [6.07, 6.45) is 4.58. The normalized spacial score (nSPS) is 28.6. The fraction of sp³-hybridized carbons (Fsp3) is 0.579. The molecule has 9 nitrogen and oxygen atoms in total. The molecule has 0 spiro atoms. The number of aromatic nitrogens is 1. The second-order valence-electron chi connectivity index (χ2n) is 7.79. The van der Waals surface area contributed by atoms with Gasteiger partial charge in [0.25, 0.3) is 5.91 Å². The lowest BCUT2D eigenvalue weighted by Gasteiger charge is -2.29. The van der Waals surface area contributed by atoms with E-state index in [0.29, 0.717) is 30.8 Å². The summed E-state index contributed by atoms with van der Waals surface area (Å²) in [5.41, 5.74) is 0.521. The first-order chi connectivity index (χ1) is 13.9. The van der Waals surface area contributed by atoms with Gasteiger partial charge in [0.2, 0.25) is 17.7 Å². The van der Waals surface area contributed by atoms with Crippen molar-refractivity contribution >= 4 is 35.4 Å². The average Bonchev–Trinajstić information content (AvgIpc) is 3.38. The van der Waals surface area contributed by atoms with Crippen molar-refractivity contribution in [1.82, 2.24) is 25.0 Å². The molecule has 0 radical (unpaired) electrons. The smallest absolute Gasteiger partial charge is 0.268 e. The molecule has 1 aromatic heterocycles. The van der Waals surface area contributed by atoms with Crippen LogP contribution in [0.4, 0.5) is 0 Å². The van der Waals surface area contributed by atoms with Gasteiger partial charge in [0.15, 0.2) is 0 Å². The van der Waals surface area contributed by atoms with Gasteiger partial charge < -0.3 is 25.0 Å². The molecule has 3 aliphatic rings. The molecule has 0 bridgehead atoms. The number of hydrogen-bond acceptors (Lipinski definition) is 5. The molecule has 4 rings (SSSR count). The van der Waals surface area contributed by atoms with Crippen molar-refractivity contribution in [3.63, 3.8) is 0 Å². The summed E-state index contributed by atoms with van der Waals surface area (Å²) in [6.45, 7) is 0.730. The van der Waals surface area contributed by atoms with E-state index in [1.165, 1.54) is 11.8 Å². The maximum absolute atomic E-state index is 13.3. The number of amides is 4. The Balaban J connectivity index is 1.50. The summed E-state index contributed by atoms with van der Waals surface area (Å²) in [4.78, 5) is 54.2. The molecular formula is C19H25N5O4S. The van der Waals surface area contributed by atoms with E-state index in [0.717, 1.165) is 0 Å². The maximum atomic E-state index is 13.3. The Hall–Kier alpha value is -2.49. The topological polar surface area (TPSA) is 104 Å². The highest BCUT2D eigenvalue weighted by Crippen LogP contribution is 2.29. The fourth-order valence-electron chi connectivity index (χ4n) is 4.57. The van der Waals surface area contributed by atoms with Gasteiger partial charge in [-0.05, 0) is 31.2 Å². The maximum Gasteiger partial charge on any atom is 0.268 e. The second-order valence-corrected chi connectivity index (χ2v) is 8.65. The van der Waals surface area contributed by atoms with Gasteiger partial charge in [0, 0.05) is 32.4 Å². The molecule has 0 aliphatic carbocycles. The zero-order valence-corrected chi connectivity index (χ0v) is 17.3. The quantitative estimate of drug-likeness (QED) is 0.664. The zero-order chi connectivity index (χ0) is 20.7. The Bertz CT molecular complexity index is 855. The summed E-state index contributed by atoms with van der Waals surface area (Å²) in [5, 5.41) is 5.90. The third-order valence-electron chi connectivity index (χ3n) is 5.97. The summed E-state index contributed by atoms with van der Waals surface area (Å²) < 4.78 is 1.72. The number of carbonyl (C=O) groups is 4. The number of aryl methyl sites for hydroxylation is 1. The van der Waals surface area contributed by atoms with E-state index in [-0.39, 0.29) is 42.3 Å². The van der Waals surface area contributed by atoms with Crippen LogP contribution in [-0.4, -0.2) is 87.3 Å². The molecule has 29 heavy (non-hydrogen) atoms. The average molecular weight is 420 g/mol. The molecule has 1 aromatic rings. The number of nitrogens with one attached hydrogen (secondary N) is 2. The van der Waals surface area contributed by atoms with Crippen molar-refractivity contribution in [2.75, 3.05) is 25.1 Å². The van der Waals surface area contributed by atoms with Crippen molar-refractivity contribution in [3.8, 4) is 0 Å². The monoisotopic (exact) mass is 419 g/mol. The van der Waals surface area contributed by atoms with Crippen LogP contribution in [0.2, 0.25) is 0 Å². The standard InChI is InChI=1S/C19H25N5O4S/c1-22-6-3-4-13(22)17(26)20-11-8-14-18(27)21-12-5-7-23(15(25)10-29-2)16(12)19(28)24(14)9-11/h3-4,6,11-12,14,16H,5,7-10H2,1-2H3,(H,20,26)(H,21,27). The van der Waals surface area contributed by atoms with E-state index in [1.54, 1.807) is 39.7 Å². The third-order valence-corrected chi connectivity index (χ3v) is 6.50. The van der Waals surface area contributed by atoms with Gasteiger partial charge in [-0.2, -0.15) is 11.8 Å². The van der Waals surface area contributed by atoms with Crippen LogP contribution in [0.3, 0.4) is 0 Å². The van der Waals surface area contributed by atoms with E-state index < -0.39 is 12.1 Å². The molecule has 4 heterocycles. The van der Waals surface area contributed by atoms with Crippen LogP contribution < -0.4 is 10.6 Å². The molecule has 0 aromatic carbocycles. The highest BCUT2D eigenvalue weighted by molar-refractivity contribution is 7.99. The number of carbonyl (C=O) groups excluding carboxylic acids is 4. The first-order valence-electron chi connectivity index (χ1n) is 9.72. The Morgan fingerprint density at radius 1 is 1.34 bits per heavy atom. The number of hydrogen-bond donors (Lipinski definition) is 2. The van der Waals surface area contributed by atoms with Crippen molar-refractivity contribution in [3.05, 3.63) is 24.0 Å². The highest BCUT2D eigenvalue weighted by Gasteiger charge is 2.52. The molecule has 2 N–H and O–H groups in total. The largest absolute Gasteiger partial charge is 0.349 e. The number of likely N-dealkylation sites (tertiary alicyclic amines) is 1. The molecule has 0 saturated carbocycles. The lowest BCUT2D eigenvalue weighted by Crippen LogP contribution is -2.53. The highest BCUT2D eigenvalue weighted by atomic mass is 32.2. The Kier molecular flexibility index (Phi) is 5.28. The van der Waals surface area contributed by atoms with Crippen LogP contribution in [-0.2, 0) is 21.4 Å². The fourth-order valence-corrected chi connectivity index (χ4v) is 4.99. The van der Waals surface area contributed by atoms with E-state index in [4.69, 9.17) is 0 Å². The van der Waals surface area contributed by atoms with Gasteiger partial charge in [-0.25, -0.2) is 0 Å². The van der Waals surface area contributed by atoms with Gasteiger partial charge in [-0.15, -0.1) is 0 Å². The first kappa shape index (κ1) is 19.8. The molecular weight excluding hydrogens is 394 g/mol. The Labute approximate surface area is 173 Å². The first-order valence-corrected chi connectivity index (χ1v) is 11.1. The minimum atomic E-state index is -0.661. The van der Waals surface area contributed by atoms with Crippen LogP contribution in [0.25, 0.3) is 0 Å². The number of thioether (sulfide) groups is 1. The zero-order valence-electron chi connectivity index (χ0n) is 16.5. The van der Waals surface area contributed by atoms with E-state index in [1.807, 2.05) is 6.26 Å². The Morgan fingerprint density at radius 3 is 2.83 bits per heavy atom. The van der Waals surface area contributed by atoms with Gasteiger partial charge >= 0.3 is 0 Å². The molecule has 10 heteroatoms. The number of nitrogens with zero attached hydrogens (tertiary/aromatic N) is 3. The van der Waals surface area contributed by atoms with Crippen molar-refractivity contribution in [2.45, 2.75) is 37.0 Å². The lowest BCUT2D eigenvalue weighted by molar-refractivity contribution is -0.143. The van der Waals surface area contributed by atoms with Crippen molar-refractivity contribution < 1.29 is 19.2 Å². The third kappa shape index (κ3) is 3.50. The summed E-state index contributed by atoms with van der Waals surface area (Å²) in [7, 11) is 1.79. The van der Waals surface area contributed by atoms with Crippen LogP contribution in [0.1, 0.15) is 23.3 Å². The van der Waals surface area contributed by atoms with Gasteiger partial charge in [0.05, 0.1) is 11.8 Å². The predicted molar refractivity (Wildman–Crippen MR) is 107 cm³/mol. The lowest BCUT2D eigenvalue weighted by atomic mass is 10.1. The molecule has 4 atom stereocenters. The SMILES string of the molecule is CSCC(=O)N1CCC2NC(=O)C3CC(NC(=O)c4cccn4C)CN3C(=O)C21. The van der Waals surface area contributed by atoms with Crippen molar-refractivity contribution in [1.29, 1.82) is 0 Å². The number of fused-ring (bicyclic) bond motifs is 2. The Morgan fingerprint density at radius 2 is 2.14 bits per heavy atom. The summed E-state index contributed by atoms with van der Waals surface area (Å²) in [5.74, 6) is -0.424. The van der Waals surface area contributed by atoms with Crippen LogP contribution >= 0.6 is 11.8 Å². The molecule has 156 valence electrons. The molecule has 3 fully saturated rings. The molecule has 3 aliphatic heterocycles. The second kappa shape index (κ2) is 7.74. The predicted octanol–water partition coefficient (Wildman–Crippen LogP) is -0.813.